The van der Waals surface area contributed by atoms with Gasteiger partial charge in [-0.25, -0.2) is 0 Å². The van der Waals surface area contributed by atoms with Crippen LogP contribution >= 0.6 is 0 Å². The normalized spacial score (nSPS) is 22.0. The summed E-state index contributed by atoms with van der Waals surface area (Å²) in [7, 11) is 1.61. The number of carbonyl (C=O) groups is 1. The second-order valence-corrected chi connectivity index (χ2v) is 4.12. The first-order valence-electron chi connectivity index (χ1n) is 5.83. The van der Waals surface area contributed by atoms with Crippen LogP contribution in [0.5, 0.6) is 0 Å². The molecule has 1 amide bonds. The van der Waals surface area contributed by atoms with Gasteiger partial charge in [0.1, 0.15) is 6.10 Å². The maximum atomic E-state index is 11.5. The molecule has 1 rings (SSSR count). The summed E-state index contributed by atoms with van der Waals surface area (Å²) in [5, 5.41) is 6.02. The molecule has 2 atom stereocenters. The first kappa shape index (κ1) is 13.4. The van der Waals surface area contributed by atoms with E-state index in [0.717, 1.165) is 19.5 Å². The Morgan fingerprint density at radius 2 is 2.44 bits per heavy atom. The number of methoxy groups -OCH3 is 1. The molecule has 1 heterocycles. The van der Waals surface area contributed by atoms with Gasteiger partial charge in [-0.15, -0.1) is 0 Å². The molecule has 94 valence electrons. The van der Waals surface area contributed by atoms with Gasteiger partial charge in [-0.1, -0.05) is 0 Å². The van der Waals surface area contributed by atoms with E-state index in [1.54, 1.807) is 14.0 Å². The summed E-state index contributed by atoms with van der Waals surface area (Å²) in [6, 6.07) is 0. The lowest BCUT2D eigenvalue weighted by atomic mass is 10.1. The van der Waals surface area contributed by atoms with Crippen LogP contribution in [0.3, 0.4) is 0 Å². The van der Waals surface area contributed by atoms with E-state index in [9.17, 15) is 4.79 Å². The molecule has 2 N–H and O–H groups in total. The van der Waals surface area contributed by atoms with Crippen molar-refractivity contribution in [2.75, 3.05) is 40.0 Å². The monoisotopic (exact) mass is 230 g/mol. The third kappa shape index (κ3) is 4.92. The fourth-order valence-corrected chi connectivity index (χ4v) is 1.63. The van der Waals surface area contributed by atoms with Crippen LogP contribution in [0, 0.1) is 5.92 Å². The van der Waals surface area contributed by atoms with Crippen LogP contribution in [0.15, 0.2) is 0 Å². The van der Waals surface area contributed by atoms with Crippen LogP contribution < -0.4 is 10.6 Å². The summed E-state index contributed by atoms with van der Waals surface area (Å²) in [5.41, 5.74) is 0. The molecule has 0 aromatic carbocycles. The molecule has 1 aliphatic heterocycles. The number of amides is 1. The van der Waals surface area contributed by atoms with Crippen molar-refractivity contribution < 1.29 is 14.3 Å². The number of nitrogens with one attached hydrogen (secondary N) is 2. The van der Waals surface area contributed by atoms with Crippen LogP contribution in [0.2, 0.25) is 0 Å². The van der Waals surface area contributed by atoms with Gasteiger partial charge in [0.05, 0.1) is 13.2 Å². The molecule has 0 bridgehead atoms. The van der Waals surface area contributed by atoms with Gasteiger partial charge in [0, 0.05) is 20.2 Å². The van der Waals surface area contributed by atoms with Crippen molar-refractivity contribution in [1.82, 2.24) is 10.6 Å². The average molecular weight is 230 g/mol. The van der Waals surface area contributed by atoms with Gasteiger partial charge >= 0.3 is 0 Å². The predicted octanol–water partition coefficient (Wildman–Crippen LogP) is -0.236. The van der Waals surface area contributed by atoms with Gasteiger partial charge in [-0.2, -0.15) is 0 Å². The molecule has 0 saturated carbocycles. The van der Waals surface area contributed by atoms with Crippen molar-refractivity contribution in [2.45, 2.75) is 19.4 Å². The zero-order valence-corrected chi connectivity index (χ0v) is 10.1. The third-order valence-corrected chi connectivity index (χ3v) is 2.72. The molecule has 1 aliphatic rings. The minimum absolute atomic E-state index is 0.0667. The molecule has 1 fully saturated rings. The summed E-state index contributed by atoms with van der Waals surface area (Å²) in [4.78, 5) is 11.5. The first-order valence-corrected chi connectivity index (χ1v) is 5.83. The van der Waals surface area contributed by atoms with E-state index in [1.165, 1.54) is 0 Å². The lowest BCUT2D eigenvalue weighted by Crippen LogP contribution is -2.37. The Bertz CT molecular complexity index is 205. The predicted molar refractivity (Wildman–Crippen MR) is 61.3 cm³/mol. The number of ether oxygens (including phenoxy) is 2. The van der Waals surface area contributed by atoms with Crippen molar-refractivity contribution >= 4 is 5.91 Å². The highest BCUT2D eigenvalue weighted by Gasteiger charge is 2.18. The molecule has 0 spiro atoms. The van der Waals surface area contributed by atoms with Crippen LogP contribution in [0.25, 0.3) is 0 Å². The quantitative estimate of drug-likeness (QED) is 0.593. The largest absolute Gasteiger partial charge is 0.383 e. The van der Waals surface area contributed by atoms with Crippen LogP contribution in [-0.2, 0) is 14.3 Å². The van der Waals surface area contributed by atoms with Crippen LogP contribution in [0.4, 0.5) is 0 Å². The van der Waals surface area contributed by atoms with Gasteiger partial charge in [0.25, 0.3) is 0 Å². The molecule has 0 aromatic rings. The van der Waals surface area contributed by atoms with E-state index in [0.29, 0.717) is 25.7 Å². The number of rotatable bonds is 7. The standard InChI is InChI=1S/C11H22N2O3/c1-9(11(14)13-5-6-15-2)16-8-10-3-4-12-7-10/h9-10,12H,3-8H2,1-2H3,(H,13,14). The Labute approximate surface area is 96.9 Å². The zero-order valence-electron chi connectivity index (χ0n) is 10.1. The summed E-state index contributed by atoms with van der Waals surface area (Å²) in [6.07, 6.45) is 0.760. The molecule has 0 aliphatic carbocycles. The Hall–Kier alpha value is -0.650. The molecule has 2 unspecified atom stereocenters. The minimum atomic E-state index is -0.377. The van der Waals surface area contributed by atoms with E-state index in [2.05, 4.69) is 10.6 Å². The van der Waals surface area contributed by atoms with Crippen LogP contribution in [0.1, 0.15) is 13.3 Å². The fraction of sp³-hybridized carbons (Fsp3) is 0.909. The number of hydrogen-bond acceptors (Lipinski definition) is 4. The maximum absolute atomic E-state index is 11.5. The summed E-state index contributed by atoms with van der Waals surface area (Å²) in [5.74, 6) is 0.484. The highest BCUT2D eigenvalue weighted by Crippen LogP contribution is 2.08. The second kappa shape index (κ2) is 7.60. The maximum Gasteiger partial charge on any atom is 0.248 e. The number of hydrogen-bond donors (Lipinski definition) is 2. The zero-order chi connectivity index (χ0) is 11.8. The lowest BCUT2D eigenvalue weighted by molar-refractivity contribution is -0.132. The highest BCUT2D eigenvalue weighted by molar-refractivity contribution is 5.80. The van der Waals surface area contributed by atoms with Gasteiger partial charge < -0.3 is 20.1 Å². The van der Waals surface area contributed by atoms with Gasteiger partial charge in [0.15, 0.2) is 0 Å². The van der Waals surface area contributed by atoms with Crippen molar-refractivity contribution in [3.8, 4) is 0 Å². The second-order valence-electron chi connectivity index (χ2n) is 4.12. The molecule has 0 aromatic heterocycles. The number of carbonyl (C=O) groups excluding carboxylic acids is 1. The summed E-state index contributed by atoms with van der Waals surface area (Å²) < 4.78 is 10.4. The summed E-state index contributed by atoms with van der Waals surface area (Å²) >= 11 is 0. The molecule has 5 heteroatoms. The highest BCUT2D eigenvalue weighted by atomic mass is 16.5. The molecule has 5 nitrogen and oxygen atoms in total. The van der Waals surface area contributed by atoms with E-state index in [1.807, 2.05) is 0 Å². The smallest absolute Gasteiger partial charge is 0.248 e. The van der Waals surface area contributed by atoms with E-state index < -0.39 is 0 Å². The first-order chi connectivity index (χ1) is 7.74. The molecular weight excluding hydrogens is 208 g/mol. The average Bonchev–Trinajstić information content (AvgIpc) is 2.79. The molecule has 16 heavy (non-hydrogen) atoms. The summed E-state index contributed by atoms with van der Waals surface area (Å²) in [6.45, 7) is 5.57. The van der Waals surface area contributed by atoms with Crippen LogP contribution in [-0.4, -0.2) is 52.0 Å². The van der Waals surface area contributed by atoms with Crippen molar-refractivity contribution in [2.24, 2.45) is 5.92 Å². The Kier molecular flexibility index (Phi) is 6.37. The van der Waals surface area contributed by atoms with Crippen molar-refractivity contribution in [1.29, 1.82) is 0 Å². The Balaban J connectivity index is 2.07. The molecular formula is C11H22N2O3. The third-order valence-electron chi connectivity index (χ3n) is 2.72. The molecule has 0 radical (unpaired) electrons. The van der Waals surface area contributed by atoms with E-state index >= 15 is 0 Å². The van der Waals surface area contributed by atoms with Gasteiger partial charge in [-0.3, -0.25) is 4.79 Å². The van der Waals surface area contributed by atoms with Crippen molar-refractivity contribution in [3.63, 3.8) is 0 Å². The van der Waals surface area contributed by atoms with Gasteiger partial charge in [-0.05, 0) is 25.8 Å². The van der Waals surface area contributed by atoms with E-state index in [-0.39, 0.29) is 12.0 Å². The minimum Gasteiger partial charge on any atom is -0.383 e. The Morgan fingerprint density at radius 3 is 3.06 bits per heavy atom. The fourth-order valence-electron chi connectivity index (χ4n) is 1.63. The van der Waals surface area contributed by atoms with E-state index in [4.69, 9.17) is 9.47 Å². The van der Waals surface area contributed by atoms with Gasteiger partial charge in [0.2, 0.25) is 5.91 Å². The van der Waals surface area contributed by atoms with Crippen molar-refractivity contribution in [3.05, 3.63) is 0 Å². The molecule has 1 saturated heterocycles. The SMILES string of the molecule is COCCNC(=O)C(C)OCC1CCNC1. The lowest BCUT2D eigenvalue weighted by Gasteiger charge is -2.15. The topological polar surface area (TPSA) is 59.6 Å². The Morgan fingerprint density at radius 1 is 1.62 bits per heavy atom.